The molecule has 0 spiro atoms. The van der Waals surface area contributed by atoms with Crippen LogP contribution in [0.1, 0.15) is 21.7 Å². The smallest absolute Gasteiger partial charge is 0.291 e. The first-order chi connectivity index (χ1) is 16.4. The van der Waals surface area contributed by atoms with E-state index in [0.29, 0.717) is 22.6 Å². The summed E-state index contributed by atoms with van der Waals surface area (Å²) in [5.74, 6) is 0.241. The Kier molecular flexibility index (Phi) is 5.43. The summed E-state index contributed by atoms with van der Waals surface area (Å²) in [7, 11) is 0. The van der Waals surface area contributed by atoms with Gasteiger partial charge in [0.2, 0.25) is 0 Å². The Bertz CT molecular complexity index is 1530. The first-order valence-electron chi connectivity index (χ1n) is 10.5. The Balaban J connectivity index is 1.39. The van der Waals surface area contributed by atoms with E-state index in [1.54, 1.807) is 36.5 Å². The van der Waals surface area contributed by atoms with Crippen LogP contribution in [0.3, 0.4) is 0 Å². The molecule has 2 aromatic heterocycles. The molecule has 0 atom stereocenters. The van der Waals surface area contributed by atoms with Crippen LogP contribution in [0.2, 0.25) is 0 Å². The molecule has 2 heterocycles. The lowest BCUT2D eigenvalue weighted by molar-refractivity contribution is -0.384. The highest BCUT2D eigenvalue weighted by molar-refractivity contribution is 7.21. The van der Waals surface area contributed by atoms with Gasteiger partial charge >= 0.3 is 0 Å². The molecule has 34 heavy (non-hydrogen) atoms. The molecule has 3 aromatic carbocycles. The standard InChI is InChI=1S/C26H19N3O4S/c1-15-7-8-17(26-28-20-5-3-4-6-24(20)34-26)14-21(15)27-25(30)23-12-11-22(33-23)19-10-9-18(29(31)32)13-16(19)2/h3-14H,1-2H3,(H,27,30). The number of hydrogen-bond donors (Lipinski definition) is 1. The predicted molar refractivity (Wildman–Crippen MR) is 133 cm³/mol. The monoisotopic (exact) mass is 469 g/mol. The van der Waals surface area contributed by atoms with Gasteiger partial charge in [-0.05, 0) is 61.4 Å². The molecule has 8 heteroatoms. The second kappa shape index (κ2) is 8.57. The topological polar surface area (TPSA) is 98.3 Å². The van der Waals surface area contributed by atoms with Crippen LogP contribution in [0.25, 0.3) is 32.1 Å². The Hall–Kier alpha value is -4.30. The third-order valence-electron chi connectivity index (χ3n) is 5.54. The fraction of sp³-hybridized carbons (Fsp3) is 0.0769. The van der Waals surface area contributed by atoms with Gasteiger partial charge in [-0.3, -0.25) is 14.9 Å². The number of fused-ring (bicyclic) bond motifs is 1. The van der Waals surface area contributed by atoms with E-state index in [9.17, 15) is 14.9 Å². The number of hydrogen-bond acceptors (Lipinski definition) is 6. The molecule has 0 bridgehead atoms. The summed E-state index contributed by atoms with van der Waals surface area (Å²) in [6.07, 6.45) is 0. The molecule has 0 aliphatic carbocycles. The molecule has 0 unspecified atom stereocenters. The van der Waals surface area contributed by atoms with Gasteiger partial charge in [0, 0.05) is 28.9 Å². The maximum atomic E-state index is 12.9. The Labute approximate surface area is 198 Å². The summed E-state index contributed by atoms with van der Waals surface area (Å²) >= 11 is 1.60. The zero-order valence-electron chi connectivity index (χ0n) is 18.4. The van der Waals surface area contributed by atoms with Crippen molar-refractivity contribution in [2.24, 2.45) is 0 Å². The molecule has 5 rings (SSSR count). The van der Waals surface area contributed by atoms with Crippen LogP contribution in [0.5, 0.6) is 0 Å². The van der Waals surface area contributed by atoms with Crippen molar-refractivity contribution in [3.8, 4) is 21.9 Å². The molecular formula is C26H19N3O4S. The van der Waals surface area contributed by atoms with Crippen LogP contribution in [0.4, 0.5) is 11.4 Å². The summed E-state index contributed by atoms with van der Waals surface area (Å²) in [6.45, 7) is 3.69. The molecule has 0 saturated carbocycles. The van der Waals surface area contributed by atoms with Crippen molar-refractivity contribution in [2.45, 2.75) is 13.8 Å². The third-order valence-corrected chi connectivity index (χ3v) is 6.63. The number of carbonyl (C=O) groups excluding carboxylic acids is 1. The number of nitro groups is 1. The van der Waals surface area contributed by atoms with Crippen molar-refractivity contribution in [2.75, 3.05) is 5.32 Å². The highest BCUT2D eigenvalue weighted by Gasteiger charge is 2.17. The molecule has 1 N–H and O–H groups in total. The van der Waals surface area contributed by atoms with Gasteiger partial charge in [0.1, 0.15) is 10.8 Å². The van der Waals surface area contributed by atoms with Crippen molar-refractivity contribution in [1.82, 2.24) is 4.98 Å². The average molecular weight is 470 g/mol. The van der Waals surface area contributed by atoms with E-state index in [1.807, 2.05) is 49.4 Å². The molecule has 0 fully saturated rings. The minimum atomic E-state index is -0.442. The van der Waals surface area contributed by atoms with Crippen molar-refractivity contribution < 1.29 is 14.1 Å². The number of nitro benzene ring substituents is 1. The summed E-state index contributed by atoms with van der Waals surface area (Å²) in [5.41, 5.74) is 4.84. The number of anilines is 1. The second-order valence-corrected chi connectivity index (χ2v) is 8.92. The minimum absolute atomic E-state index is 0.00857. The fourth-order valence-corrected chi connectivity index (χ4v) is 4.67. The molecule has 0 saturated heterocycles. The summed E-state index contributed by atoms with van der Waals surface area (Å²) in [4.78, 5) is 28.2. The van der Waals surface area contributed by atoms with Crippen LogP contribution in [-0.2, 0) is 0 Å². The third kappa shape index (κ3) is 4.06. The number of benzene rings is 3. The number of carbonyl (C=O) groups is 1. The maximum Gasteiger partial charge on any atom is 0.291 e. The maximum absolute atomic E-state index is 12.9. The number of nitrogens with one attached hydrogen (secondary N) is 1. The number of aromatic nitrogens is 1. The number of furan rings is 1. The SMILES string of the molecule is Cc1ccc(-c2nc3ccccc3s2)cc1NC(=O)c1ccc(-c2ccc([N+](=O)[O-])cc2C)o1. The quantitative estimate of drug-likeness (QED) is 0.221. The lowest BCUT2D eigenvalue weighted by Crippen LogP contribution is -2.11. The summed E-state index contributed by atoms with van der Waals surface area (Å²) in [6, 6.07) is 21.6. The van der Waals surface area contributed by atoms with E-state index in [4.69, 9.17) is 9.40 Å². The van der Waals surface area contributed by atoms with Crippen molar-refractivity contribution in [1.29, 1.82) is 0 Å². The van der Waals surface area contributed by atoms with Gasteiger partial charge in [-0.2, -0.15) is 0 Å². The number of nitrogens with zero attached hydrogens (tertiary/aromatic N) is 2. The van der Waals surface area contributed by atoms with E-state index in [0.717, 1.165) is 26.4 Å². The number of non-ortho nitro benzene ring substituents is 1. The molecule has 1 amide bonds. The average Bonchev–Trinajstić information content (AvgIpc) is 3.48. The highest BCUT2D eigenvalue weighted by Crippen LogP contribution is 2.33. The fourth-order valence-electron chi connectivity index (χ4n) is 3.71. The Morgan fingerprint density at radius 3 is 2.59 bits per heavy atom. The number of aryl methyl sites for hydroxylation is 2. The van der Waals surface area contributed by atoms with Crippen LogP contribution < -0.4 is 5.32 Å². The molecule has 5 aromatic rings. The second-order valence-electron chi connectivity index (χ2n) is 7.89. The van der Waals surface area contributed by atoms with E-state index >= 15 is 0 Å². The molecular weight excluding hydrogens is 450 g/mol. The largest absolute Gasteiger partial charge is 0.451 e. The predicted octanol–water partition coefficient (Wildman–Crippen LogP) is 7.00. The van der Waals surface area contributed by atoms with Gasteiger partial charge in [0.25, 0.3) is 11.6 Å². The molecule has 168 valence electrons. The molecule has 0 radical (unpaired) electrons. The van der Waals surface area contributed by atoms with Crippen LogP contribution in [0, 0.1) is 24.0 Å². The van der Waals surface area contributed by atoms with Gasteiger partial charge < -0.3 is 9.73 Å². The minimum Gasteiger partial charge on any atom is -0.451 e. The lowest BCUT2D eigenvalue weighted by Gasteiger charge is -2.09. The number of rotatable bonds is 5. The summed E-state index contributed by atoms with van der Waals surface area (Å²) < 4.78 is 6.89. The van der Waals surface area contributed by atoms with Gasteiger partial charge in [-0.15, -0.1) is 11.3 Å². The number of thiazole rings is 1. The molecule has 0 aliphatic heterocycles. The molecule has 7 nitrogen and oxygen atoms in total. The highest BCUT2D eigenvalue weighted by atomic mass is 32.1. The zero-order chi connectivity index (χ0) is 23.8. The normalized spacial score (nSPS) is 11.0. The van der Waals surface area contributed by atoms with E-state index in [1.165, 1.54) is 12.1 Å². The lowest BCUT2D eigenvalue weighted by atomic mass is 10.1. The van der Waals surface area contributed by atoms with E-state index < -0.39 is 4.92 Å². The first-order valence-corrected chi connectivity index (χ1v) is 11.3. The van der Waals surface area contributed by atoms with Crippen LogP contribution in [-0.4, -0.2) is 15.8 Å². The summed E-state index contributed by atoms with van der Waals surface area (Å²) in [5, 5.41) is 14.8. The van der Waals surface area contributed by atoms with E-state index in [2.05, 4.69) is 5.32 Å². The van der Waals surface area contributed by atoms with Crippen LogP contribution in [0.15, 0.2) is 77.2 Å². The Morgan fingerprint density at radius 2 is 1.82 bits per heavy atom. The van der Waals surface area contributed by atoms with Crippen molar-refractivity contribution >= 4 is 38.8 Å². The van der Waals surface area contributed by atoms with Crippen LogP contribution >= 0.6 is 11.3 Å². The first kappa shape index (κ1) is 21.5. The van der Waals surface area contributed by atoms with Crippen molar-refractivity contribution in [3.05, 3.63) is 99.8 Å². The molecule has 0 aliphatic rings. The number of para-hydroxylation sites is 1. The van der Waals surface area contributed by atoms with Gasteiger partial charge in [0.15, 0.2) is 5.76 Å². The van der Waals surface area contributed by atoms with Gasteiger partial charge in [0.05, 0.1) is 15.1 Å². The van der Waals surface area contributed by atoms with Gasteiger partial charge in [-0.25, -0.2) is 4.98 Å². The van der Waals surface area contributed by atoms with E-state index in [-0.39, 0.29) is 17.4 Å². The number of amides is 1. The Morgan fingerprint density at radius 1 is 1.00 bits per heavy atom. The van der Waals surface area contributed by atoms with Gasteiger partial charge in [-0.1, -0.05) is 24.3 Å². The zero-order valence-corrected chi connectivity index (χ0v) is 19.2. The van der Waals surface area contributed by atoms with Crippen molar-refractivity contribution in [3.63, 3.8) is 0 Å².